The van der Waals surface area contributed by atoms with Crippen LogP contribution in [0.5, 0.6) is 0 Å². The molecule has 24 heavy (non-hydrogen) atoms. The quantitative estimate of drug-likeness (QED) is 0.751. The highest BCUT2D eigenvalue weighted by Crippen LogP contribution is 2.27. The lowest BCUT2D eigenvalue weighted by atomic mass is 9.93. The lowest BCUT2D eigenvalue weighted by Gasteiger charge is -2.26. The molecule has 0 saturated carbocycles. The van der Waals surface area contributed by atoms with Crippen LogP contribution in [-0.2, 0) is 0 Å². The minimum atomic E-state index is -0.332. The van der Waals surface area contributed by atoms with Crippen LogP contribution < -0.4 is 11.1 Å². The zero-order valence-corrected chi connectivity index (χ0v) is 13.3. The van der Waals surface area contributed by atoms with Gasteiger partial charge in [0, 0.05) is 5.56 Å². The van der Waals surface area contributed by atoms with Crippen molar-refractivity contribution in [1.82, 2.24) is 5.32 Å². The molecule has 120 valence electrons. The molecule has 0 aliphatic heterocycles. The fourth-order valence-electron chi connectivity index (χ4n) is 2.72. The second-order valence-electron chi connectivity index (χ2n) is 5.66. The van der Waals surface area contributed by atoms with Gasteiger partial charge in [0.05, 0.1) is 12.1 Å². The molecule has 0 spiro atoms. The molecule has 3 aromatic carbocycles. The molecular formula is C21H20N2O. The van der Waals surface area contributed by atoms with E-state index in [0.717, 1.165) is 11.1 Å². The Morgan fingerprint density at radius 1 is 0.708 bits per heavy atom. The van der Waals surface area contributed by atoms with Crippen LogP contribution in [0.1, 0.15) is 33.6 Å². The highest BCUT2D eigenvalue weighted by molar-refractivity contribution is 5.94. The van der Waals surface area contributed by atoms with Crippen molar-refractivity contribution in [2.75, 3.05) is 0 Å². The number of carbonyl (C=O) groups excluding carboxylic acids is 1. The van der Waals surface area contributed by atoms with E-state index in [1.807, 2.05) is 78.9 Å². The minimum Gasteiger partial charge on any atom is -0.343 e. The van der Waals surface area contributed by atoms with Gasteiger partial charge in [0.15, 0.2) is 0 Å². The SMILES string of the molecule is NC(c1ccccc1)C(NC(=O)c1ccccc1)c1ccccc1. The number of nitrogens with one attached hydrogen (secondary N) is 1. The molecule has 0 aliphatic carbocycles. The number of carbonyl (C=O) groups is 1. The Morgan fingerprint density at radius 2 is 1.17 bits per heavy atom. The largest absolute Gasteiger partial charge is 0.343 e. The summed E-state index contributed by atoms with van der Waals surface area (Å²) in [6.07, 6.45) is 0. The predicted octanol–water partition coefficient (Wildman–Crippen LogP) is 3.86. The van der Waals surface area contributed by atoms with Gasteiger partial charge in [0.1, 0.15) is 0 Å². The van der Waals surface area contributed by atoms with Gasteiger partial charge in [-0.05, 0) is 23.3 Å². The van der Waals surface area contributed by atoms with Crippen LogP contribution in [0.4, 0.5) is 0 Å². The van der Waals surface area contributed by atoms with E-state index in [2.05, 4.69) is 5.32 Å². The standard InChI is InChI=1S/C21H20N2O/c22-19(16-10-4-1-5-11-16)20(17-12-6-2-7-13-17)23-21(24)18-14-8-3-9-15-18/h1-15,19-20H,22H2,(H,23,24). The lowest BCUT2D eigenvalue weighted by molar-refractivity contribution is 0.0930. The van der Waals surface area contributed by atoms with Crippen LogP contribution >= 0.6 is 0 Å². The summed E-state index contributed by atoms with van der Waals surface area (Å²) in [5, 5.41) is 3.08. The number of hydrogen-bond acceptors (Lipinski definition) is 2. The highest BCUT2D eigenvalue weighted by Gasteiger charge is 2.23. The molecule has 3 heteroatoms. The number of hydrogen-bond donors (Lipinski definition) is 2. The molecule has 1 amide bonds. The molecule has 0 aliphatic rings. The monoisotopic (exact) mass is 316 g/mol. The Bertz CT molecular complexity index is 773. The normalized spacial score (nSPS) is 13.0. The summed E-state index contributed by atoms with van der Waals surface area (Å²) in [5.41, 5.74) is 9.08. The average molecular weight is 316 g/mol. The second-order valence-corrected chi connectivity index (χ2v) is 5.66. The third kappa shape index (κ3) is 3.70. The van der Waals surface area contributed by atoms with Gasteiger partial charge in [-0.2, -0.15) is 0 Å². The molecule has 3 nitrogen and oxygen atoms in total. The average Bonchev–Trinajstić information content (AvgIpc) is 2.67. The molecule has 0 bridgehead atoms. The Hall–Kier alpha value is -2.91. The molecule has 0 aromatic heterocycles. The van der Waals surface area contributed by atoms with Gasteiger partial charge in [-0.15, -0.1) is 0 Å². The van der Waals surface area contributed by atoms with Crippen LogP contribution in [0.15, 0.2) is 91.0 Å². The van der Waals surface area contributed by atoms with Crippen molar-refractivity contribution in [1.29, 1.82) is 0 Å². The Morgan fingerprint density at radius 3 is 1.71 bits per heavy atom. The van der Waals surface area contributed by atoms with Crippen LogP contribution in [0, 0.1) is 0 Å². The van der Waals surface area contributed by atoms with Crippen molar-refractivity contribution in [3.05, 3.63) is 108 Å². The first-order valence-electron chi connectivity index (χ1n) is 7.97. The molecule has 0 heterocycles. The molecular weight excluding hydrogens is 296 g/mol. The van der Waals surface area contributed by atoms with E-state index in [1.54, 1.807) is 12.1 Å². The summed E-state index contributed by atoms with van der Waals surface area (Å²) in [4.78, 5) is 12.6. The van der Waals surface area contributed by atoms with Crippen molar-refractivity contribution in [3.63, 3.8) is 0 Å². The van der Waals surface area contributed by atoms with Crippen molar-refractivity contribution < 1.29 is 4.79 Å². The van der Waals surface area contributed by atoms with E-state index in [0.29, 0.717) is 5.56 Å². The van der Waals surface area contributed by atoms with Crippen LogP contribution in [0.25, 0.3) is 0 Å². The van der Waals surface area contributed by atoms with Gasteiger partial charge in [-0.3, -0.25) is 4.79 Å². The summed E-state index contributed by atoms with van der Waals surface area (Å²) >= 11 is 0. The fourth-order valence-corrected chi connectivity index (χ4v) is 2.72. The predicted molar refractivity (Wildman–Crippen MR) is 96.5 cm³/mol. The van der Waals surface area contributed by atoms with E-state index in [-0.39, 0.29) is 18.0 Å². The van der Waals surface area contributed by atoms with Gasteiger partial charge in [0.2, 0.25) is 0 Å². The van der Waals surface area contributed by atoms with Gasteiger partial charge in [-0.25, -0.2) is 0 Å². The fraction of sp³-hybridized carbons (Fsp3) is 0.0952. The maximum atomic E-state index is 12.6. The summed E-state index contributed by atoms with van der Waals surface area (Å²) in [6, 6.07) is 28.2. The Kier molecular flexibility index (Phi) is 5.04. The first kappa shape index (κ1) is 16.0. The summed E-state index contributed by atoms with van der Waals surface area (Å²) in [5.74, 6) is -0.129. The highest BCUT2D eigenvalue weighted by atomic mass is 16.1. The van der Waals surface area contributed by atoms with Crippen molar-refractivity contribution in [2.24, 2.45) is 5.73 Å². The summed E-state index contributed by atoms with van der Waals surface area (Å²) in [7, 11) is 0. The summed E-state index contributed by atoms with van der Waals surface area (Å²) in [6.45, 7) is 0. The van der Waals surface area contributed by atoms with E-state index in [1.165, 1.54) is 0 Å². The first-order chi connectivity index (χ1) is 11.8. The third-order valence-electron chi connectivity index (χ3n) is 4.02. The molecule has 3 rings (SSSR count). The van der Waals surface area contributed by atoms with E-state index < -0.39 is 0 Å². The smallest absolute Gasteiger partial charge is 0.251 e. The molecule has 2 atom stereocenters. The van der Waals surface area contributed by atoms with Gasteiger partial charge in [0.25, 0.3) is 5.91 Å². The van der Waals surface area contributed by atoms with Gasteiger partial charge in [-0.1, -0.05) is 78.9 Å². The Labute approximate surface area is 142 Å². The van der Waals surface area contributed by atoms with Crippen LogP contribution in [0.3, 0.4) is 0 Å². The van der Waals surface area contributed by atoms with Crippen molar-refractivity contribution >= 4 is 5.91 Å². The lowest BCUT2D eigenvalue weighted by Crippen LogP contribution is -2.36. The zero-order chi connectivity index (χ0) is 16.8. The number of benzene rings is 3. The second kappa shape index (κ2) is 7.57. The van der Waals surface area contributed by atoms with E-state index >= 15 is 0 Å². The molecule has 3 aromatic rings. The topological polar surface area (TPSA) is 55.1 Å². The Balaban J connectivity index is 1.90. The van der Waals surface area contributed by atoms with Crippen molar-refractivity contribution in [3.8, 4) is 0 Å². The van der Waals surface area contributed by atoms with Crippen molar-refractivity contribution in [2.45, 2.75) is 12.1 Å². The summed E-state index contributed by atoms with van der Waals surface area (Å²) < 4.78 is 0. The van der Waals surface area contributed by atoms with Crippen LogP contribution in [0.2, 0.25) is 0 Å². The number of nitrogens with two attached hydrogens (primary N) is 1. The molecule has 3 N–H and O–H groups in total. The third-order valence-corrected chi connectivity index (χ3v) is 4.02. The molecule has 2 unspecified atom stereocenters. The van der Waals surface area contributed by atoms with Gasteiger partial charge >= 0.3 is 0 Å². The first-order valence-corrected chi connectivity index (χ1v) is 7.97. The van der Waals surface area contributed by atoms with Gasteiger partial charge < -0.3 is 11.1 Å². The van der Waals surface area contributed by atoms with E-state index in [4.69, 9.17) is 5.73 Å². The molecule has 0 radical (unpaired) electrons. The molecule has 0 fully saturated rings. The number of amides is 1. The number of rotatable bonds is 5. The minimum absolute atomic E-state index is 0.129. The maximum Gasteiger partial charge on any atom is 0.251 e. The molecule has 0 saturated heterocycles. The zero-order valence-electron chi connectivity index (χ0n) is 13.3. The van der Waals surface area contributed by atoms with Crippen LogP contribution in [-0.4, -0.2) is 5.91 Å². The van der Waals surface area contributed by atoms with E-state index in [9.17, 15) is 4.79 Å². The maximum absolute atomic E-state index is 12.6.